The molecule has 0 saturated heterocycles. The van der Waals surface area contributed by atoms with Gasteiger partial charge in [0.2, 0.25) is 0 Å². The first-order valence-corrected chi connectivity index (χ1v) is 4.88. The third kappa shape index (κ3) is 1.81. The van der Waals surface area contributed by atoms with Crippen LogP contribution in [0.1, 0.15) is 11.1 Å². The van der Waals surface area contributed by atoms with Gasteiger partial charge in [0, 0.05) is 24.4 Å². The average Bonchev–Trinajstić information content (AvgIpc) is 2.70. The fraction of sp³-hybridized carbons (Fsp3) is 0.167. The molecule has 0 atom stereocenters. The van der Waals surface area contributed by atoms with E-state index < -0.39 is 0 Å². The minimum absolute atomic E-state index is 0.0385. The molecule has 1 heterocycles. The first kappa shape index (κ1) is 10.4. The maximum atomic E-state index is 9.19. The molecule has 80 valence electrons. The standard InChI is InChI=1S/C12H11N3O/c1-15-7-11(8-16)12(14-15)10-4-2-9(6-13)3-5-10/h2-5,7,16H,8H2,1H3. The summed E-state index contributed by atoms with van der Waals surface area (Å²) in [6, 6.07) is 9.21. The van der Waals surface area contributed by atoms with Crippen LogP contribution in [0.15, 0.2) is 30.5 Å². The van der Waals surface area contributed by atoms with E-state index in [-0.39, 0.29) is 6.61 Å². The smallest absolute Gasteiger partial charge is 0.0991 e. The minimum Gasteiger partial charge on any atom is -0.392 e. The summed E-state index contributed by atoms with van der Waals surface area (Å²) in [5, 5.41) is 22.2. The van der Waals surface area contributed by atoms with E-state index in [1.807, 2.05) is 19.2 Å². The van der Waals surface area contributed by atoms with Crippen LogP contribution >= 0.6 is 0 Å². The minimum atomic E-state index is -0.0385. The van der Waals surface area contributed by atoms with Crippen LogP contribution in [0.25, 0.3) is 11.3 Å². The van der Waals surface area contributed by atoms with Crippen LogP contribution in [0, 0.1) is 11.3 Å². The molecule has 0 aliphatic rings. The molecule has 2 aromatic rings. The van der Waals surface area contributed by atoms with Crippen molar-refractivity contribution in [3.05, 3.63) is 41.6 Å². The molecule has 0 amide bonds. The molecule has 1 aromatic heterocycles. The van der Waals surface area contributed by atoms with Crippen LogP contribution in [0.3, 0.4) is 0 Å². The molecule has 2 rings (SSSR count). The summed E-state index contributed by atoms with van der Waals surface area (Å²) in [5.41, 5.74) is 3.07. The Morgan fingerprint density at radius 3 is 2.62 bits per heavy atom. The number of aryl methyl sites for hydroxylation is 1. The van der Waals surface area contributed by atoms with Crippen molar-refractivity contribution in [3.8, 4) is 17.3 Å². The number of aliphatic hydroxyl groups is 1. The number of benzene rings is 1. The second kappa shape index (κ2) is 4.17. The second-order valence-electron chi connectivity index (χ2n) is 3.52. The first-order valence-electron chi connectivity index (χ1n) is 4.88. The van der Waals surface area contributed by atoms with Gasteiger partial charge in [-0.25, -0.2) is 0 Å². The Bertz CT molecular complexity index is 534. The van der Waals surface area contributed by atoms with Crippen molar-refractivity contribution in [1.82, 2.24) is 9.78 Å². The summed E-state index contributed by atoms with van der Waals surface area (Å²) in [5.74, 6) is 0. The maximum absolute atomic E-state index is 9.19. The number of nitriles is 1. The number of hydrogen-bond acceptors (Lipinski definition) is 3. The fourth-order valence-corrected chi connectivity index (χ4v) is 1.60. The van der Waals surface area contributed by atoms with Gasteiger partial charge in [-0.3, -0.25) is 4.68 Å². The zero-order valence-electron chi connectivity index (χ0n) is 8.88. The van der Waals surface area contributed by atoms with E-state index in [4.69, 9.17) is 5.26 Å². The number of rotatable bonds is 2. The molecular weight excluding hydrogens is 202 g/mol. The normalized spacial score (nSPS) is 10.1. The Hall–Kier alpha value is -2.12. The quantitative estimate of drug-likeness (QED) is 0.821. The molecule has 4 nitrogen and oxygen atoms in total. The SMILES string of the molecule is Cn1cc(CO)c(-c2ccc(C#N)cc2)n1. The number of nitrogens with zero attached hydrogens (tertiary/aromatic N) is 3. The highest BCUT2D eigenvalue weighted by Crippen LogP contribution is 2.22. The summed E-state index contributed by atoms with van der Waals surface area (Å²) in [6.07, 6.45) is 1.79. The van der Waals surface area contributed by atoms with Crippen LogP contribution in [0.5, 0.6) is 0 Å². The predicted molar refractivity (Wildman–Crippen MR) is 59.3 cm³/mol. The molecule has 0 spiro atoms. The van der Waals surface area contributed by atoms with Crippen LogP contribution in [-0.2, 0) is 13.7 Å². The largest absolute Gasteiger partial charge is 0.392 e. The van der Waals surface area contributed by atoms with E-state index >= 15 is 0 Å². The van der Waals surface area contributed by atoms with Gasteiger partial charge in [0.05, 0.1) is 23.9 Å². The van der Waals surface area contributed by atoms with Crippen molar-refractivity contribution in [2.45, 2.75) is 6.61 Å². The van der Waals surface area contributed by atoms with Crippen molar-refractivity contribution < 1.29 is 5.11 Å². The third-order valence-electron chi connectivity index (χ3n) is 2.36. The van der Waals surface area contributed by atoms with Crippen LogP contribution in [0.2, 0.25) is 0 Å². The Balaban J connectivity index is 2.46. The highest BCUT2D eigenvalue weighted by molar-refractivity contribution is 5.63. The topological polar surface area (TPSA) is 61.8 Å². The number of hydrogen-bond donors (Lipinski definition) is 1. The highest BCUT2D eigenvalue weighted by atomic mass is 16.3. The van der Waals surface area contributed by atoms with Gasteiger partial charge < -0.3 is 5.11 Å². The molecule has 0 fully saturated rings. The van der Waals surface area contributed by atoms with E-state index in [0.29, 0.717) is 5.56 Å². The molecule has 0 aliphatic carbocycles. The summed E-state index contributed by atoms with van der Waals surface area (Å²) in [6.45, 7) is -0.0385. The van der Waals surface area contributed by atoms with E-state index in [1.54, 1.807) is 23.0 Å². The van der Waals surface area contributed by atoms with E-state index in [1.165, 1.54) is 0 Å². The van der Waals surface area contributed by atoms with Gasteiger partial charge in [0.15, 0.2) is 0 Å². The Morgan fingerprint density at radius 2 is 2.06 bits per heavy atom. The lowest BCUT2D eigenvalue weighted by Crippen LogP contribution is -1.88. The molecule has 1 aromatic carbocycles. The van der Waals surface area contributed by atoms with Crippen molar-refractivity contribution in [2.24, 2.45) is 7.05 Å². The number of aromatic nitrogens is 2. The average molecular weight is 213 g/mol. The zero-order chi connectivity index (χ0) is 11.5. The fourth-order valence-electron chi connectivity index (χ4n) is 1.60. The molecule has 0 radical (unpaired) electrons. The highest BCUT2D eigenvalue weighted by Gasteiger charge is 2.08. The van der Waals surface area contributed by atoms with Gasteiger partial charge in [0.1, 0.15) is 0 Å². The Morgan fingerprint density at radius 1 is 1.38 bits per heavy atom. The monoisotopic (exact) mass is 213 g/mol. The van der Waals surface area contributed by atoms with Crippen molar-refractivity contribution in [1.29, 1.82) is 5.26 Å². The molecule has 0 saturated carbocycles. The molecule has 4 heteroatoms. The van der Waals surface area contributed by atoms with Gasteiger partial charge in [-0.15, -0.1) is 0 Å². The van der Waals surface area contributed by atoms with E-state index in [9.17, 15) is 5.11 Å². The molecule has 0 aliphatic heterocycles. The summed E-state index contributed by atoms with van der Waals surface area (Å²) < 4.78 is 1.67. The van der Waals surface area contributed by atoms with Crippen LogP contribution < -0.4 is 0 Å². The van der Waals surface area contributed by atoms with Crippen LogP contribution in [0.4, 0.5) is 0 Å². The Labute approximate surface area is 93.4 Å². The summed E-state index contributed by atoms with van der Waals surface area (Å²) >= 11 is 0. The third-order valence-corrected chi connectivity index (χ3v) is 2.36. The van der Waals surface area contributed by atoms with Crippen molar-refractivity contribution in [2.75, 3.05) is 0 Å². The second-order valence-corrected chi connectivity index (χ2v) is 3.52. The van der Waals surface area contributed by atoms with Gasteiger partial charge in [0.25, 0.3) is 0 Å². The molecule has 16 heavy (non-hydrogen) atoms. The molecular formula is C12H11N3O. The van der Waals surface area contributed by atoms with Gasteiger partial charge >= 0.3 is 0 Å². The van der Waals surface area contributed by atoms with Gasteiger partial charge in [-0.2, -0.15) is 10.4 Å². The lowest BCUT2D eigenvalue weighted by Gasteiger charge is -1.99. The molecule has 1 N–H and O–H groups in total. The predicted octanol–water partition coefficient (Wildman–Crippen LogP) is 1.45. The molecule has 0 unspecified atom stereocenters. The van der Waals surface area contributed by atoms with E-state index in [0.717, 1.165) is 16.8 Å². The lowest BCUT2D eigenvalue weighted by atomic mass is 10.1. The lowest BCUT2D eigenvalue weighted by molar-refractivity contribution is 0.282. The Kier molecular flexibility index (Phi) is 2.71. The van der Waals surface area contributed by atoms with Crippen molar-refractivity contribution in [3.63, 3.8) is 0 Å². The van der Waals surface area contributed by atoms with Crippen molar-refractivity contribution >= 4 is 0 Å². The first-order chi connectivity index (χ1) is 7.74. The maximum Gasteiger partial charge on any atom is 0.0991 e. The summed E-state index contributed by atoms with van der Waals surface area (Å²) in [4.78, 5) is 0. The van der Waals surface area contributed by atoms with E-state index in [2.05, 4.69) is 11.2 Å². The summed E-state index contributed by atoms with van der Waals surface area (Å²) in [7, 11) is 1.81. The van der Waals surface area contributed by atoms with Gasteiger partial charge in [-0.05, 0) is 12.1 Å². The van der Waals surface area contributed by atoms with Crippen LogP contribution in [-0.4, -0.2) is 14.9 Å². The number of aliphatic hydroxyl groups excluding tert-OH is 1. The zero-order valence-corrected chi connectivity index (χ0v) is 8.88. The van der Waals surface area contributed by atoms with Gasteiger partial charge in [-0.1, -0.05) is 12.1 Å². The molecule has 0 bridgehead atoms.